The van der Waals surface area contributed by atoms with Crippen LogP contribution in [0.5, 0.6) is 0 Å². The van der Waals surface area contributed by atoms with Crippen LogP contribution in [0.2, 0.25) is 10.0 Å². The van der Waals surface area contributed by atoms with E-state index in [-0.39, 0.29) is 27.1 Å². The molecular weight excluding hydrogens is 288 g/mol. The molecule has 0 radical (unpaired) electrons. The molecular formula is C11H5Cl2F3N2. The minimum absolute atomic E-state index is 0.0147. The summed E-state index contributed by atoms with van der Waals surface area (Å²) in [6.45, 7) is 0. The normalized spacial score (nSPS) is 10.7. The average Bonchev–Trinajstić information content (AvgIpc) is 2.29. The van der Waals surface area contributed by atoms with Gasteiger partial charge in [0.05, 0.1) is 15.7 Å². The largest absolute Gasteiger partial charge is 0.382 e. The molecule has 1 heterocycles. The smallest absolute Gasteiger partial charge is 0.161 e. The predicted octanol–water partition coefficient (Wildman–Crippen LogP) is 4.05. The van der Waals surface area contributed by atoms with Crippen LogP contribution >= 0.6 is 23.2 Å². The molecule has 0 aliphatic heterocycles. The number of nitrogens with zero attached hydrogens (tertiary/aromatic N) is 1. The van der Waals surface area contributed by atoms with Crippen molar-refractivity contribution in [3.63, 3.8) is 0 Å². The van der Waals surface area contributed by atoms with Crippen molar-refractivity contribution in [3.8, 4) is 11.3 Å². The summed E-state index contributed by atoms with van der Waals surface area (Å²) in [4.78, 5) is 3.76. The molecule has 0 aliphatic carbocycles. The van der Waals surface area contributed by atoms with E-state index in [9.17, 15) is 13.2 Å². The van der Waals surface area contributed by atoms with Crippen LogP contribution in [0.1, 0.15) is 0 Å². The fraction of sp³-hybridized carbons (Fsp3) is 0. The Morgan fingerprint density at radius 3 is 2.17 bits per heavy atom. The SMILES string of the molecule is Nc1nc(-c2cc(F)c(F)cc2F)c(Cl)cc1Cl. The van der Waals surface area contributed by atoms with Crippen LogP contribution in [0.25, 0.3) is 11.3 Å². The molecule has 94 valence electrons. The van der Waals surface area contributed by atoms with E-state index < -0.39 is 17.5 Å². The number of halogens is 5. The second-order valence-corrected chi connectivity index (χ2v) is 4.25. The second-order valence-electron chi connectivity index (χ2n) is 3.43. The lowest BCUT2D eigenvalue weighted by molar-refractivity contribution is 0.496. The molecule has 0 fully saturated rings. The molecule has 1 aromatic heterocycles. The molecule has 0 saturated carbocycles. The summed E-state index contributed by atoms with van der Waals surface area (Å²) in [5, 5.41) is 0.0749. The number of benzene rings is 1. The second kappa shape index (κ2) is 4.66. The summed E-state index contributed by atoms with van der Waals surface area (Å²) in [5.41, 5.74) is 5.06. The van der Waals surface area contributed by atoms with Gasteiger partial charge in [0.25, 0.3) is 0 Å². The Morgan fingerprint density at radius 2 is 1.50 bits per heavy atom. The van der Waals surface area contributed by atoms with Crippen molar-refractivity contribution in [2.24, 2.45) is 0 Å². The van der Waals surface area contributed by atoms with Crippen LogP contribution in [-0.2, 0) is 0 Å². The number of rotatable bonds is 1. The Hall–Kier alpha value is -1.46. The summed E-state index contributed by atoms with van der Waals surface area (Å²) in [7, 11) is 0. The number of pyridine rings is 1. The Kier molecular flexibility index (Phi) is 3.36. The first-order chi connectivity index (χ1) is 8.40. The molecule has 18 heavy (non-hydrogen) atoms. The molecule has 2 N–H and O–H groups in total. The quantitative estimate of drug-likeness (QED) is 0.805. The lowest BCUT2D eigenvalue weighted by atomic mass is 10.1. The minimum atomic E-state index is -1.30. The topological polar surface area (TPSA) is 38.9 Å². The van der Waals surface area contributed by atoms with Gasteiger partial charge in [0.2, 0.25) is 0 Å². The summed E-state index contributed by atoms with van der Waals surface area (Å²) in [6, 6.07) is 2.32. The van der Waals surface area contributed by atoms with Crippen LogP contribution < -0.4 is 5.73 Å². The molecule has 2 rings (SSSR count). The summed E-state index contributed by atoms with van der Waals surface area (Å²) in [5.74, 6) is -3.59. The highest BCUT2D eigenvalue weighted by molar-refractivity contribution is 6.37. The zero-order valence-corrected chi connectivity index (χ0v) is 10.2. The van der Waals surface area contributed by atoms with Crippen molar-refractivity contribution < 1.29 is 13.2 Å². The number of aromatic nitrogens is 1. The number of anilines is 1. The van der Waals surface area contributed by atoms with Gasteiger partial charge in [-0.15, -0.1) is 0 Å². The van der Waals surface area contributed by atoms with Gasteiger partial charge in [-0.25, -0.2) is 18.2 Å². The number of hydrogen-bond acceptors (Lipinski definition) is 2. The van der Waals surface area contributed by atoms with E-state index in [1.807, 2.05) is 0 Å². The highest BCUT2D eigenvalue weighted by Gasteiger charge is 2.16. The van der Waals surface area contributed by atoms with Gasteiger partial charge in [0.1, 0.15) is 11.6 Å². The fourth-order valence-electron chi connectivity index (χ4n) is 1.37. The Labute approximate surface area is 110 Å². The van der Waals surface area contributed by atoms with Gasteiger partial charge in [-0.05, 0) is 12.1 Å². The molecule has 0 amide bonds. The monoisotopic (exact) mass is 292 g/mol. The molecule has 0 saturated heterocycles. The van der Waals surface area contributed by atoms with Gasteiger partial charge in [-0.3, -0.25) is 0 Å². The molecule has 0 spiro atoms. The minimum Gasteiger partial charge on any atom is -0.382 e. The van der Waals surface area contributed by atoms with E-state index in [2.05, 4.69) is 4.98 Å². The van der Waals surface area contributed by atoms with E-state index in [4.69, 9.17) is 28.9 Å². The van der Waals surface area contributed by atoms with Crippen molar-refractivity contribution in [1.82, 2.24) is 4.98 Å². The van der Waals surface area contributed by atoms with E-state index >= 15 is 0 Å². The predicted molar refractivity (Wildman–Crippen MR) is 64.0 cm³/mol. The fourth-order valence-corrected chi connectivity index (χ4v) is 1.83. The molecule has 7 heteroatoms. The summed E-state index contributed by atoms with van der Waals surface area (Å²) in [6.07, 6.45) is 0. The third-order valence-electron chi connectivity index (χ3n) is 2.22. The zero-order chi connectivity index (χ0) is 13.4. The van der Waals surface area contributed by atoms with Crippen molar-refractivity contribution in [1.29, 1.82) is 0 Å². The van der Waals surface area contributed by atoms with Crippen LogP contribution in [-0.4, -0.2) is 4.98 Å². The molecule has 2 aromatic rings. The maximum atomic E-state index is 13.5. The first-order valence-corrected chi connectivity index (χ1v) is 5.42. The highest BCUT2D eigenvalue weighted by Crippen LogP contribution is 2.33. The molecule has 0 unspecified atom stereocenters. The van der Waals surface area contributed by atoms with Crippen molar-refractivity contribution in [3.05, 3.63) is 45.7 Å². The summed E-state index contributed by atoms with van der Waals surface area (Å²) >= 11 is 11.5. The van der Waals surface area contributed by atoms with Crippen molar-refractivity contribution in [2.75, 3.05) is 5.73 Å². The Bertz CT molecular complexity index is 577. The van der Waals surface area contributed by atoms with Gasteiger partial charge >= 0.3 is 0 Å². The number of nitrogens with two attached hydrogens (primary N) is 1. The molecule has 2 nitrogen and oxygen atoms in total. The standard InChI is InChI=1S/C11H5Cl2F3N2/c12-5-2-6(13)11(17)18-10(5)4-1-8(15)9(16)3-7(4)14/h1-3H,(H2,17,18). The van der Waals surface area contributed by atoms with E-state index in [0.29, 0.717) is 12.1 Å². The van der Waals surface area contributed by atoms with Crippen molar-refractivity contribution in [2.45, 2.75) is 0 Å². The Morgan fingerprint density at radius 1 is 0.889 bits per heavy atom. The molecule has 0 aliphatic rings. The van der Waals surface area contributed by atoms with E-state index in [1.54, 1.807) is 0 Å². The third kappa shape index (κ3) is 2.23. The van der Waals surface area contributed by atoms with Gasteiger partial charge < -0.3 is 5.73 Å². The molecule has 0 bridgehead atoms. The molecule has 1 aromatic carbocycles. The molecule has 0 atom stereocenters. The summed E-state index contributed by atoms with van der Waals surface area (Å²) < 4.78 is 39.4. The lowest BCUT2D eigenvalue weighted by Crippen LogP contribution is -1.98. The zero-order valence-electron chi connectivity index (χ0n) is 8.65. The highest BCUT2D eigenvalue weighted by atomic mass is 35.5. The third-order valence-corrected chi connectivity index (χ3v) is 2.81. The van der Waals surface area contributed by atoms with E-state index in [0.717, 1.165) is 0 Å². The average molecular weight is 293 g/mol. The first-order valence-electron chi connectivity index (χ1n) is 4.66. The number of nitrogen functional groups attached to an aromatic ring is 1. The van der Waals surface area contributed by atoms with Gasteiger partial charge in [0.15, 0.2) is 11.6 Å². The van der Waals surface area contributed by atoms with Gasteiger partial charge in [-0.2, -0.15) is 0 Å². The van der Waals surface area contributed by atoms with Crippen LogP contribution in [0.3, 0.4) is 0 Å². The van der Waals surface area contributed by atoms with Gasteiger partial charge in [0, 0.05) is 11.6 Å². The first kappa shape index (κ1) is 13.0. The maximum Gasteiger partial charge on any atom is 0.161 e. The van der Waals surface area contributed by atoms with Crippen molar-refractivity contribution >= 4 is 29.0 Å². The van der Waals surface area contributed by atoms with Crippen LogP contribution in [0.4, 0.5) is 19.0 Å². The number of hydrogen-bond donors (Lipinski definition) is 1. The lowest BCUT2D eigenvalue weighted by Gasteiger charge is -2.08. The van der Waals surface area contributed by atoms with Gasteiger partial charge in [-0.1, -0.05) is 23.2 Å². The maximum absolute atomic E-state index is 13.5. The Balaban J connectivity index is 2.69. The van der Waals surface area contributed by atoms with E-state index in [1.165, 1.54) is 6.07 Å². The van der Waals surface area contributed by atoms with Crippen LogP contribution in [0, 0.1) is 17.5 Å². The van der Waals surface area contributed by atoms with Crippen LogP contribution in [0.15, 0.2) is 18.2 Å².